The second-order valence-electron chi connectivity index (χ2n) is 11.0. The number of carbonyl (C=O) groups excluding carboxylic acids is 1. The predicted octanol–water partition coefficient (Wildman–Crippen LogP) is 4.11. The molecule has 3 rings (SSSR count). The summed E-state index contributed by atoms with van der Waals surface area (Å²) in [7, 11) is -6.14. The summed E-state index contributed by atoms with van der Waals surface area (Å²) >= 11 is 0. The molecule has 2 aromatic carbocycles. The Morgan fingerprint density at radius 1 is 1.14 bits per heavy atom. The van der Waals surface area contributed by atoms with Gasteiger partial charge in [0.05, 0.1) is 22.5 Å². The molecule has 196 valence electrons. The molecule has 0 unspecified atom stereocenters. The molecule has 2 aromatic rings. The number of nitro benzene ring substituents is 1. The zero-order chi connectivity index (χ0) is 26.9. The smallest absolute Gasteiger partial charge is 0.269 e. The third-order valence-electron chi connectivity index (χ3n) is 7.17. The van der Waals surface area contributed by atoms with E-state index in [1.165, 1.54) is 12.1 Å². The summed E-state index contributed by atoms with van der Waals surface area (Å²) in [6.07, 6.45) is 0.186. The van der Waals surface area contributed by atoms with Gasteiger partial charge in [0.1, 0.15) is 5.54 Å². The van der Waals surface area contributed by atoms with Crippen molar-refractivity contribution in [2.45, 2.75) is 68.7 Å². The van der Waals surface area contributed by atoms with Gasteiger partial charge in [-0.3, -0.25) is 14.9 Å². The number of rotatable bonds is 10. The lowest BCUT2D eigenvalue weighted by Gasteiger charge is -2.52. The number of non-ortho nitro benzene ring substituents is 1. The zero-order valence-corrected chi connectivity index (χ0v) is 23.5. The number of carbonyl (C=O) groups is 1. The molecule has 0 radical (unpaired) electrons. The van der Waals surface area contributed by atoms with Crippen molar-refractivity contribution in [2.75, 3.05) is 13.2 Å². The molecule has 0 aromatic heterocycles. The first-order valence-electron chi connectivity index (χ1n) is 11.9. The van der Waals surface area contributed by atoms with E-state index in [0.717, 1.165) is 17.7 Å². The number of hydrogen-bond acceptors (Lipinski definition) is 6. The second kappa shape index (κ2) is 10.0. The monoisotopic (exact) mass is 533 g/mol. The van der Waals surface area contributed by atoms with Crippen LogP contribution in [0.4, 0.5) is 5.69 Å². The maximum Gasteiger partial charge on any atom is 0.269 e. The number of nitrogens with zero attached hydrogens (tertiary/aromatic N) is 2. The lowest BCUT2D eigenvalue weighted by molar-refractivity contribution is -0.384. The van der Waals surface area contributed by atoms with Gasteiger partial charge in [-0.2, -0.15) is 4.72 Å². The first kappa shape index (κ1) is 28.0. The Labute approximate surface area is 214 Å². The number of sulfonamides is 1. The molecule has 1 aliphatic rings. The Morgan fingerprint density at radius 2 is 1.72 bits per heavy atom. The summed E-state index contributed by atoms with van der Waals surface area (Å²) in [6, 6.07) is 13.6. The fourth-order valence-corrected chi connectivity index (χ4v) is 6.30. The van der Waals surface area contributed by atoms with Crippen molar-refractivity contribution in [3.05, 3.63) is 70.3 Å². The first-order valence-corrected chi connectivity index (χ1v) is 16.2. The third kappa shape index (κ3) is 5.85. The Bertz CT molecular complexity index is 1210. The van der Waals surface area contributed by atoms with E-state index in [2.05, 4.69) is 38.6 Å². The van der Waals surface area contributed by atoms with Crippen molar-refractivity contribution < 1.29 is 22.6 Å². The SMILES string of the molecule is C[C@H](CO[Si](C)(C)C(C)(C)C)N1C[C@@](Cc2ccccc2)(NS(=O)(=O)c2ccc([N+](=O)[O-])cc2)C1=O. The Kier molecular flexibility index (Phi) is 7.80. The molecule has 1 amide bonds. The molecule has 0 spiro atoms. The minimum Gasteiger partial charge on any atom is -0.415 e. The highest BCUT2D eigenvalue weighted by Gasteiger charge is 2.55. The molecular weight excluding hydrogens is 498 g/mol. The average molecular weight is 534 g/mol. The van der Waals surface area contributed by atoms with Gasteiger partial charge >= 0.3 is 0 Å². The fourth-order valence-electron chi connectivity index (χ4n) is 3.86. The molecule has 1 aliphatic heterocycles. The molecule has 0 bridgehead atoms. The molecule has 1 saturated heterocycles. The maximum absolute atomic E-state index is 13.6. The van der Waals surface area contributed by atoms with Gasteiger partial charge in [0.15, 0.2) is 8.32 Å². The van der Waals surface area contributed by atoms with Crippen LogP contribution in [0.15, 0.2) is 59.5 Å². The van der Waals surface area contributed by atoms with Crippen LogP contribution in [0, 0.1) is 10.1 Å². The van der Waals surface area contributed by atoms with Crippen molar-refractivity contribution in [1.82, 2.24) is 9.62 Å². The molecule has 2 atom stereocenters. The van der Waals surface area contributed by atoms with Gasteiger partial charge in [0.25, 0.3) is 5.69 Å². The van der Waals surface area contributed by atoms with E-state index in [1.807, 2.05) is 37.3 Å². The number of amides is 1. The van der Waals surface area contributed by atoms with Gasteiger partial charge < -0.3 is 9.33 Å². The summed E-state index contributed by atoms with van der Waals surface area (Å²) in [6.45, 7) is 13.2. The number of benzene rings is 2. The van der Waals surface area contributed by atoms with Crippen LogP contribution >= 0.6 is 0 Å². The molecule has 1 heterocycles. The van der Waals surface area contributed by atoms with E-state index in [-0.39, 0.29) is 40.5 Å². The zero-order valence-electron chi connectivity index (χ0n) is 21.6. The molecule has 0 aliphatic carbocycles. The highest BCUT2D eigenvalue weighted by molar-refractivity contribution is 7.89. The summed E-state index contributed by atoms with van der Waals surface area (Å²) in [5.41, 5.74) is -0.746. The van der Waals surface area contributed by atoms with Crippen molar-refractivity contribution in [3.8, 4) is 0 Å². The Hall–Kier alpha value is -2.60. The van der Waals surface area contributed by atoms with Gasteiger partial charge in [-0.05, 0) is 42.8 Å². The van der Waals surface area contributed by atoms with Crippen LogP contribution in [0.2, 0.25) is 18.1 Å². The van der Waals surface area contributed by atoms with Gasteiger partial charge in [-0.15, -0.1) is 0 Å². The van der Waals surface area contributed by atoms with E-state index in [4.69, 9.17) is 4.43 Å². The largest absolute Gasteiger partial charge is 0.415 e. The van der Waals surface area contributed by atoms with E-state index in [0.29, 0.717) is 6.61 Å². The number of β-lactam (4-membered cyclic amide) rings is 1. The van der Waals surface area contributed by atoms with Gasteiger partial charge in [0.2, 0.25) is 15.9 Å². The topological polar surface area (TPSA) is 119 Å². The molecule has 1 fully saturated rings. The van der Waals surface area contributed by atoms with Crippen LogP contribution in [-0.4, -0.2) is 57.2 Å². The van der Waals surface area contributed by atoms with E-state index in [9.17, 15) is 23.3 Å². The number of likely N-dealkylation sites (tertiary alicyclic amines) is 1. The lowest BCUT2D eigenvalue weighted by Crippen LogP contribution is -2.77. The molecule has 9 nitrogen and oxygen atoms in total. The van der Waals surface area contributed by atoms with Crippen molar-refractivity contribution in [2.24, 2.45) is 0 Å². The van der Waals surface area contributed by atoms with E-state index < -0.39 is 28.8 Å². The molecule has 36 heavy (non-hydrogen) atoms. The standard InChI is InChI=1S/C25H35N3O6SSi/c1-19(17-34-36(5,6)24(2,3)4)27-18-25(23(27)29,16-20-10-8-7-9-11-20)26-35(32,33)22-14-12-21(13-15-22)28(30)31/h7-15,19,26H,16-18H2,1-6H3/t19-,25-/m1/s1. The molecular formula is C25H35N3O6SSi. The van der Waals surface area contributed by atoms with Crippen LogP contribution in [0.25, 0.3) is 0 Å². The van der Waals surface area contributed by atoms with Crippen LogP contribution in [0.5, 0.6) is 0 Å². The van der Waals surface area contributed by atoms with Gasteiger partial charge in [-0.1, -0.05) is 51.1 Å². The molecule has 1 N–H and O–H groups in total. The quantitative estimate of drug-likeness (QED) is 0.212. The van der Waals surface area contributed by atoms with Crippen molar-refractivity contribution >= 4 is 29.9 Å². The van der Waals surface area contributed by atoms with Crippen LogP contribution in [-0.2, 0) is 25.7 Å². The molecule has 11 heteroatoms. The summed E-state index contributed by atoms with van der Waals surface area (Å²) in [4.78, 5) is 25.4. The average Bonchev–Trinajstić information content (AvgIpc) is 2.80. The Balaban J connectivity index is 1.82. The number of nitrogens with one attached hydrogen (secondary N) is 1. The maximum atomic E-state index is 13.6. The number of nitro groups is 1. The highest BCUT2D eigenvalue weighted by atomic mass is 32.2. The van der Waals surface area contributed by atoms with Crippen LogP contribution in [0.3, 0.4) is 0 Å². The van der Waals surface area contributed by atoms with Gasteiger partial charge in [0, 0.05) is 25.1 Å². The predicted molar refractivity (Wildman–Crippen MR) is 141 cm³/mol. The highest BCUT2D eigenvalue weighted by Crippen LogP contribution is 2.37. The Morgan fingerprint density at radius 3 is 2.22 bits per heavy atom. The fraction of sp³-hybridized carbons (Fsp3) is 0.480. The van der Waals surface area contributed by atoms with Gasteiger partial charge in [-0.25, -0.2) is 8.42 Å². The normalized spacial score (nSPS) is 19.6. The lowest BCUT2D eigenvalue weighted by atomic mass is 9.82. The third-order valence-corrected chi connectivity index (χ3v) is 13.2. The minimum atomic E-state index is -4.12. The summed E-state index contributed by atoms with van der Waals surface area (Å²) in [5.74, 6) is -0.317. The van der Waals surface area contributed by atoms with E-state index in [1.54, 1.807) is 4.90 Å². The van der Waals surface area contributed by atoms with Crippen LogP contribution < -0.4 is 4.72 Å². The minimum absolute atomic E-state index is 0.0309. The first-order chi connectivity index (χ1) is 16.6. The summed E-state index contributed by atoms with van der Waals surface area (Å²) < 4.78 is 35.4. The number of hydrogen-bond donors (Lipinski definition) is 1. The second-order valence-corrected chi connectivity index (χ2v) is 17.4. The van der Waals surface area contributed by atoms with Crippen LogP contribution in [0.1, 0.15) is 33.3 Å². The van der Waals surface area contributed by atoms with Crippen molar-refractivity contribution in [3.63, 3.8) is 0 Å². The van der Waals surface area contributed by atoms with Crippen molar-refractivity contribution in [1.29, 1.82) is 0 Å². The molecule has 0 saturated carbocycles. The van der Waals surface area contributed by atoms with E-state index >= 15 is 0 Å². The summed E-state index contributed by atoms with van der Waals surface area (Å²) in [5, 5.41) is 11.0.